The lowest BCUT2D eigenvalue weighted by Gasteiger charge is -2.37. The number of nitrogens with zero attached hydrogens (tertiary/aromatic N) is 2. The van der Waals surface area contributed by atoms with Crippen LogP contribution in [0.4, 0.5) is 5.69 Å². The van der Waals surface area contributed by atoms with Crippen LogP contribution in [-0.4, -0.2) is 57.2 Å². The Hall–Kier alpha value is -2.53. The zero-order chi connectivity index (χ0) is 19.2. The predicted molar refractivity (Wildman–Crippen MR) is 108 cm³/mol. The SMILES string of the molecule is COc1ccc(N2CC[NH+]([C@H](C)C(=O)N(C)Cc3ccccc3)CC2)cc1. The second-order valence-electron chi connectivity index (χ2n) is 7.24. The highest BCUT2D eigenvalue weighted by atomic mass is 16.5. The number of piperazine rings is 1. The van der Waals surface area contributed by atoms with Gasteiger partial charge in [0.1, 0.15) is 5.75 Å². The van der Waals surface area contributed by atoms with E-state index in [1.54, 1.807) is 7.11 Å². The van der Waals surface area contributed by atoms with Crippen molar-refractivity contribution in [3.63, 3.8) is 0 Å². The fraction of sp³-hybridized carbons (Fsp3) is 0.409. The Bertz CT molecular complexity index is 725. The quantitative estimate of drug-likeness (QED) is 0.839. The summed E-state index contributed by atoms with van der Waals surface area (Å²) < 4.78 is 5.23. The molecule has 0 bridgehead atoms. The third kappa shape index (κ3) is 4.80. The summed E-state index contributed by atoms with van der Waals surface area (Å²) in [5.41, 5.74) is 2.38. The van der Waals surface area contributed by atoms with E-state index in [1.165, 1.54) is 16.2 Å². The minimum atomic E-state index is -0.0169. The molecule has 0 aromatic heterocycles. The van der Waals surface area contributed by atoms with E-state index in [0.717, 1.165) is 31.9 Å². The summed E-state index contributed by atoms with van der Waals surface area (Å²) in [6.45, 7) is 6.58. The normalized spacial score (nSPS) is 16.0. The van der Waals surface area contributed by atoms with Gasteiger partial charge in [-0.3, -0.25) is 4.79 Å². The van der Waals surface area contributed by atoms with Crippen molar-refractivity contribution in [2.45, 2.75) is 19.5 Å². The molecule has 1 atom stereocenters. The number of quaternary nitrogens is 1. The number of hydrogen-bond acceptors (Lipinski definition) is 3. The van der Waals surface area contributed by atoms with Gasteiger partial charge >= 0.3 is 0 Å². The number of amides is 1. The summed E-state index contributed by atoms with van der Waals surface area (Å²) in [4.78, 5) is 18.4. The lowest BCUT2D eigenvalue weighted by atomic mass is 10.1. The third-order valence-corrected chi connectivity index (χ3v) is 5.46. The molecular weight excluding hydrogens is 338 g/mol. The maximum atomic E-state index is 12.8. The highest BCUT2D eigenvalue weighted by Gasteiger charge is 2.31. The van der Waals surface area contributed by atoms with Gasteiger partial charge in [0, 0.05) is 19.3 Å². The second kappa shape index (κ2) is 8.91. The Morgan fingerprint density at radius 1 is 1.11 bits per heavy atom. The van der Waals surface area contributed by atoms with Gasteiger partial charge in [-0.15, -0.1) is 0 Å². The van der Waals surface area contributed by atoms with Gasteiger partial charge in [-0.1, -0.05) is 30.3 Å². The molecule has 3 rings (SSSR count). The highest BCUT2D eigenvalue weighted by Crippen LogP contribution is 2.19. The Morgan fingerprint density at radius 3 is 2.33 bits per heavy atom. The lowest BCUT2D eigenvalue weighted by molar-refractivity contribution is -0.915. The Labute approximate surface area is 162 Å². The number of benzene rings is 2. The van der Waals surface area contributed by atoms with Crippen molar-refractivity contribution in [3.05, 3.63) is 60.2 Å². The van der Waals surface area contributed by atoms with Crippen molar-refractivity contribution in [3.8, 4) is 5.75 Å². The fourth-order valence-electron chi connectivity index (χ4n) is 3.72. The van der Waals surface area contributed by atoms with Gasteiger partial charge in [0.15, 0.2) is 6.04 Å². The molecule has 0 saturated carbocycles. The molecule has 1 N–H and O–H groups in total. The minimum absolute atomic E-state index is 0.0169. The van der Waals surface area contributed by atoms with Gasteiger partial charge in [-0.2, -0.15) is 0 Å². The molecule has 0 aliphatic carbocycles. The molecule has 1 aliphatic heterocycles. The van der Waals surface area contributed by atoms with E-state index in [4.69, 9.17) is 4.74 Å². The molecule has 144 valence electrons. The maximum absolute atomic E-state index is 12.8. The summed E-state index contributed by atoms with van der Waals surface area (Å²) >= 11 is 0. The van der Waals surface area contributed by atoms with E-state index in [9.17, 15) is 4.79 Å². The molecule has 0 unspecified atom stereocenters. The number of methoxy groups -OCH3 is 1. The van der Waals surface area contributed by atoms with Crippen LogP contribution in [0.2, 0.25) is 0 Å². The standard InChI is InChI=1S/C22H29N3O2/c1-18(22(26)23(2)17-19-7-5-4-6-8-19)24-13-15-25(16-14-24)20-9-11-21(27-3)12-10-20/h4-12,18H,13-17H2,1-3H3/p+1/t18-/m1/s1. The van der Waals surface area contributed by atoms with Crippen LogP contribution >= 0.6 is 0 Å². The van der Waals surface area contributed by atoms with Crippen LogP contribution in [0.3, 0.4) is 0 Å². The van der Waals surface area contributed by atoms with Crippen molar-refractivity contribution in [2.75, 3.05) is 45.2 Å². The van der Waals surface area contributed by atoms with E-state index in [1.807, 2.05) is 42.3 Å². The van der Waals surface area contributed by atoms with Crippen LogP contribution in [0.5, 0.6) is 5.75 Å². The molecule has 1 saturated heterocycles. The second-order valence-corrected chi connectivity index (χ2v) is 7.24. The molecule has 27 heavy (non-hydrogen) atoms. The number of anilines is 1. The molecule has 1 amide bonds. The van der Waals surface area contributed by atoms with Gasteiger partial charge in [-0.05, 0) is 36.8 Å². The van der Waals surface area contributed by atoms with Crippen LogP contribution in [0, 0.1) is 0 Å². The zero-order valence-corrected chi connectivity index (χ0v) is 16.5. The Balaban J connectivity index is 1.52. The maximum Gasteiger partial charge on any atom is 0.280 e. The first-order chi connectivity index (χ1) is 13.1. The molecule has 2 aromatic rings. The summed E-state index contributed by atoms with van der Waals surface area (Å²) in [5, 5.41) is 0. The largest absolute Gasteiger partial charge is 0.497 e. The van der Waals surface area contributed by atoms with Crippen LogP contribution in [0.15, 0.2) is 54.6 Å². The third-order valence-electron chi connectivity index (χ3n) is 5.46. The summed E-state index contributed by atoms with van der Waals surface area (Å²) in [7, 11) is 3.59. The van der Waals surface area contributed by atoms with Crippen molar-refractivity contribution in [1.29, 1.82) is 0 Å². The molecule has 5 nitrogen and oxygen atoms in total. The fourth-order valence-corrected chi connectivity index (χ4v) is 3.72. The summed E-state index contributed by atoms with van der Waals surface area (Å²) in [5.74, 6) is 1.09. The van der Waals surface area contributed by atoms with Crippen molar-refractivity contribution in [2.24, 2.45) is 0 Å². The average Bonchev–Trinajstić information content (AvgIpc) is 2.73. The lowest BCUT2D eigenvalue weighted by Crippen LogP contribution is -3.19. The van der Waals surface area contributed by atoms with E-state index >= 15 is 0 Å². The van der Waals surface area contributed by atoms with Gasteiger partial charge in [0.2, 0.25) is 0 Å². The first kappa shape index (κ1) is 19.2. The van der Waals surface area contributed by atoms with E-state index in [0.29, 0.717) is 6.54 Å². The monoisotopic (exact) mass is 368 g/mol. The average molecular weight is 369 g/mol. The zero-order valence-electron chi connectivity index (χ0n) is 16.5. The molecule has 1 fully saturated rings. The molecule has 5 heteroatoms. The van der Waals surface area contributed by atoms with E-state index in [2.05, 4.69) is 36.1 Å². The van der Waals surface area contributed by atoms with Gasteiger partial charge in [0.05, 0.1) is 33.3 Å². The van der Waals surface area contributed by atoms with Gasteiger partial charge in [0.25, 0.3) is 5.91 Å². The van der Waals surface area contributed by atoms with Gasteiger partial charge in [-0.25, -0.2) is 0 Å². The molecule has 0 radical (unpaired) electrons. The van der Waals surface area contributed by atoms with Crippen LogP contribution < -0.4 is 14.5 Å². The van der Waals surface area contributed by atoms with E-state index < -0.39 is 0 Å². The summed E-state index contributed by atoms with van der Waals surface area (Å²) in [6.07, 6.45) is 0. The minimum Gasteiger partial charge on any atom is -0.497 e. The van der Waals surface area contributed by atoms with E-state index in [-0.39, 0.29) is 11.9 Å². The van der Waals surface area contributed by atoms with Gasteiger partial charge < -0.3 is 19.4 Å². The highest BCUT2D eigenvalue weighted by molar-refractivity contribution is 5.79. The van der Waals surface area contributed by atoms with Crippen molar-refractivity contribution in [1.82, 2.24) is 4.90 Å². The molecular formula is C22H30N3O2+. The number of carbonyl (C=O) groups is 1. The molecule has 0 spiro atoms. The number of likely N-dealkylation sites (N-methyl/N-ethyl adjacent to an activating group) is 1. The van der Waals surface area contributed by atoms with Crippen LogP contribution in [0.25, 0.3) is 0 Å². The van der Waals surface area contributed by atoms with Crippen molar-refractivity contribution < 1.29 is 14.4 Å². The number of rotatable bonds is 6. The summed E-state index contributed by atoms with van der Waals surface area (Å²) in [6, 6.07) is 18.3. The first-order valence-electron chi connectivity index (χ1n) is 9.61. The number of hydrogen-bond donors (Lipinski definition) is 1. The van der Waals surface area contributed by atoms with Crippen LogP contribution in [0.1, 0.15) is 12.5 Å². The smallest absolute Gasteiger partial charge is 0.280 e. The molecule has 1 aliphatic rings. The van der Waals surface area contributed by atoms with Crippen LogP contribution in [-0.2, 0) is 11.3 Å². The Kier molecular flexibility index (Phi) is 6.35. The number of carbonyl (C=O) groups excluding carboxylic acids is 1. The topological polar surface area (TPSA) is 37.2 Å². The number of ether oxygens (including phenoxy) is 1. The predicted octanol–water partition coefficient (Wildman–Crippen LogP) is 1.45. The molecule has 2 aromatic carbocycles. The number of nitrogens with one attached hydrogen (secondary N) is 1. The molecule has 1 heterocycles. The first-order valence-corrected chi connectivity index (χ1v) is 9.61. The Morgan fingerprint density at radius 2 is 1.74 bits per heavy atom. The van der Waals surface area contributed by atoms with Crippen molar-refractivity contribution >= 4 is 11.6 Å².